The summed E-state index contributed by atoms with van der Waals surface area (Å²) < 4.78 is 21.0. The first-order valence-electron chi connectivity index (χ1n) is 8.01. The Bertz CT molecular complexity index is 1160. The quantitative estimate of drug-likeness (QED) is 0.541. The Morgan fingerprint density at radius 1 is 1.08 bits per heavy atom. The predicted octanol–water partition coefficient (Wildman–Crippen LogP) is 4.71. The first kappa shape index (κ1) is 15.9. The van der Waals surface area contributed by atoms with Gasteiger partial charge < -0.3 is 4.74 Å². The van der Waals surface area contributed by atoms with E-state index in [4.69, 9.17) is 10.00 Å². The lowest BCUT2D eigenvalue weighted by Crippen LogP contribution is -1.94. The second-order valence-electron chi connectivity index (χ2n) is 5.82. The molecule has 0 N–H and O–H groups in total. The fourth-order valence-corrected chi connectivity index (χ4v) is 3.02. The van der Waals surface area contributed by atoms with Crippen LogP contribution in [-0.4, -0.2) is 16.7 Å². The Morgan fingerprint density at radius 3 is 2.77 bits per heavy atom. The van der Waals surface area contributed by atoms with Crippen molar-refractivity contribution in [2.45, 2.75) is 0 Å². The maximum Gasteiger partial charge on any atom is 0.126 e. The molecular formula is C21H14FN3O. The van der Waals surface area contributed by atoms with Gasteiger partial charge in [0.25, 0.3) is 0 Å². The van der Waals surface area contributed by atoms with Gasteiger partial charge in [-0.15, -0.1) is 0 Å². The maximum atomic E-state index is 13.7. The minimum absolute atomic E-state index is 0.316. The molecule has 0 saturated carbocycles. The van der Waals surface area contributed by atoms with Gasteiger partial charge in [0.15, 0.2) is 0 Å². The molecular weight excluding hydrogens is 329 g/mol. The highest BCUT2D eigenvalue weighted by atomic mass is 19.1. The summed E-state index contributed by atoms with van der Waals surface area (Å²) in [6, 6.07) is 19.7. The molecule has 4 rings (SSSR count). The number of hydrogen-bond donors (Lipinski definition) is 0. The molecule has 0 saturated heterocycles. The number of benzene rings is 3. The number of halogens is 1. The summed E-state index contributed by atoms with van der Waals surface area (Å²) in [5.74, 6) is 0.293. The molecule has 1 aromatic heterocycles. The van der Waals surface area contributed by atoms with Gasteiger partial charge in [-0.05, 0) is 54.1 Å². The van der Waals surface area contributed by atoms with Crippen molar-refractivity contribution in [2.24, 2.45) is 0 Å². The molecule has 5 heteroatoms. The van der Waals surface area contributed by atoms with Crippen LogP contribution < -0.4 is 4.74 Å². The number of nitrogens with zero attached hydrogens (tertiary/aromatic N) is 3. The minimum atomic E-state index is -0.316. The van der Waals surface area contributed by atoms with Crippen molar-refractivity contribution in [2.75, 3.05) is 7.11 Å². The van der Waals surface area contributed by atoms with E-state index in [0.717, 1.165) is 22.3 Å². The van der Waals surface area contributed by atoms with Crippen molar-refractivity contribution in [3.63, 3.8) is 0 Å². The van der Waals surface area contributed by atoms with Crippen LogP contribution in [0, 0.1) is 17.1 Å². The van der Waals surface area contributed by atoms with Crippen molar-refractivity contribution >= 4 is 11.0 Å². The van der Waals surface area contributed by atoms with Crippen molar-refractivity contribution in [1.29, 1.82) is 5.26 Å². The van der Waals surface area contributed by atoms with Gasteiger partial charge in [-0.1, -0.05) is 12.1 Å². The summed E-state index contributed by atoms with van der Waals surface area (Å²) in [5, 5.41) is 9.03. The summed E-state index contributed by atoms with van der Waals surface area (Å²) in [7, 11) is 1.57. The second kappa shape index (κ2) is 6.34. The Balaban J connectivity index is 1.85. The van der Waals surface area contributed by atoms with Gasteiger partial charge in [-0.3, -0.25) is 4.57 Å². The molecule has 4 aromatic rings. The van der Waals surface area contributed by atoms with Gasteiger partial charge >= 0.3 is 0 Å². The summed E-state index contributed by atoms with van der Waals surface area (Å²) in [5.41, 5.74) is 4.63. The van der Waals surface area contributed by atoms with Crippen molar-refractivity contribution in [3.05, 3.63) is 78.4 Å². The van der Waals surface area contributed by atoms with Crippen LogP contribution in [0.1, 0.15) is 5.56 Å². The first-order chi connectivity index (χ1) is 12.7. The molecule has 3 aromatic carbocycles. The van der Waals surface area contributed by atoms with Crippen LogP contribution in [0.3, 0.4) is 0 Å². The number of nitriles is 1. The van der Waals surface area contributed by atoms with Crippen LogP contribution >= 0.6 is 0 Å². The summed E-state index contributed by atoms with van der Waals surface area (Å²) in [6.45, 7) is 0. The van der Waals surface area contributed by atoms with Crippen LogP contribution in [0.25, 0.3) is 27.8 Å². The van der Waals surface area contributed by atoms with E-state index in [1.165, 1.54) is 12.1 Å². The molecule has 1 heterocycles. The summed E-state index contributed by atoms with van der Waals surface area (Å²) >= 11 is 0. The molecule has 0 unspecified atom stereocenters. The monoisotopic (exact) mass is 343 g/mol. The lowest BCUT2D eigenvalue weighted by atomic mass is 10.0. The number of imidazole rings is 1. The fourth-order valence-electron chi connectivity index (χ4n) is 3.02. The number of ether oxygens (including phenoxy) is 1. The molecule has 4 nitrogen and oxygen atoms in total. The zero-order valence-electron chi connectivity index (χ0n) is 14.0. The molecule has 26 heavy (non-hydrogen) atoms. The van der Waals surface area contributed by atoms with Gasteiger partial charge in [0, 0.05) is 11.3 Å². The van der Waals surface area contributed by atoms with Gasteiger partial charge in [-0.25, -0.2) is 9.37 Å². The topological polar surface area (TPSA) is 50.8 Å². The summed E-state index contributed by atoms with van der Waals surface area (Å²) in [4.78, 5) is 4.38. The smallest absolute Gasteiger partial charge is 0.126 e. The van der Waals surface area contributed by atoms with E-state index >= 15 is 0 Å². The molecule has 0 amide bonds. The van der Waals surface area contributed by atoms with Gasteiger partial charge in [0.1, 0.15) is 17.9 Å². The number of fused-ring (bicyclic) bond motifs is 1. The molecule has 0 aliphatic rings. The van der Waals surface area contributed by atoms with Gasteiger partial charge in [0.2, 0.25) is 0 Å². The van der Waals surface area contributed by atoms with Crippen LogP contribution in [0.5, 0.6) is 5.75 Å². The zero-order chi connectivity index (χ0) is 18.1. The number of aromatic nitrogens is 2. The molecule has 0 fully saturated rings. The Labute approximate surface area is 149 Å². The average molecular weight is 343 g/mol. The third-order valence-electron chi connectivity index (χ3n) is 4.27. The Hall–Kier alpha value is -3.65. The minimum Gasteiger partial charge on any atom is -0.496 e. The average Bonchev–Trinajstić information content (AvgIpc) is 3.11. The summed E-state index contributed by atoms with van der Waals surface area (Å²) in [6.07, 6.45) is 1.72. The third-order valence-corrected chi connectivity index (χ3v) is 4.27. The molecule has 0 aliphatic carbocycles. The SMILES string of the molecule is COc1ccc(F)cc1-c1cccc(-n2cnc3cc(C#N)ccc32)c1. The lowest BCUT2D eigenvalue weighted by molar-refractivity contribution is 0.415. The first-order valence-corrected chi connectivity index (χ1v) is 8.01. The van der Waals surface area contributed by atoms with E-state index in [-0.39, 0.29) is 5.82 Å². The van der Waals surface area contributed by atoms with E-state index < -0.39 is 0 Å². The highest BCUT2D eigenvalue weighted by Gasteiger charge is 2.10. The van der Waals surface area contributed by atoms with Gasteiger partial charge in [-0.2, -0.15) is 5.26 Å². The van der Waals surface area contributed by atoms with Crippen molar-refractivity contribution in [1.82, 2.24) is 9.55 Å². The highest BCUT2D eigenvalue weighted by molar-refractivity contribution is 5.80. The largest absolute Gasteiger partial charge is 0.496 e. The van der Waals surface area contributed by atoms with Crippen molar-refractivity contribution < 1.29 is 9.13 Å². The van der Waals surface area contributed by atoms with E-state index in [9.17, 15) is 4.39 Å². The van der Waals surface area contributed by atoms with Crippen LogP contribution in [0.2, 0.25) is 0 Å². The Kier molecular flexibility index (Phi) is 3.86. The van der Waals surface area contributed by atoms with Crippen LogP contribution in [0.15, 0.2) is 67.0 Å². The predicted molar refractivity (Wildman–Crippen MR) is 97.7 cm³/mol. The Morgan fingerprint density at radius 2 is 1.96 bits per heavy atom. The van der Waals surface area contributed by atoms with Gasteiger partial charge in [0.05, 0.1) is 29.8 Å². The van der Waals surface area contributed by atoms with Crippen LogP contribution in [-0.2, 0) is 0 Å². The second-order valence-corrected chi connectivity index (χ2v) is 5.82. The normalized spacial score (nSPS) is 10.7. The molecule has 0 aliphatic heterocycles. The third kappa shape index (κ3) is 2.68. The molecule has 126 valence electrons. The number of hydrogen-bond acceptors (Lipinski definition) is 3. The van der Waals surface area contributed by atoms with E-state index in [0.29, 0.717) is 16.9 Å². The molecule has 0 radical (unpaired) electrons. The van der Waals surface area contributed by atoms with Crippen molar-refractivity contribution in [3.8, 4) is 28.6 Å². The molecule has 0 atom stereocenters. The molecule has 0 spiro atoms. The zero-order valence-corrected chi connectivity index (χ0v) is 14.0. The van der Waals surface area contributed by atoms with E-state index in [1.54, 1.807) is 31.6 Å². The fraction of sp³-hybridized carbons (Fsp3) is 0.0476. The van der Waals surface area contributed by atoms with E-state index in [2.05, 4.69) is 11.1 Å². The van der Waals surface area contributed by atoms with E-state index in [1.807, 2.05) is 34.9 Å². The number of rotatable bonds is 3. The highest BCUT2D eigenvalue weighted by Crippen LogP contribution is 2.32. The van der Waals surface area contributed by atoms with Crippen LogP contribution in [0.4, 0.5) is 4.39 Å². The lowest BCUT2D eigenvalue weighted by Gasteiger charge is -2.11. The number of methoxy groups -OCH3 is 1. The molecule has 0 bridgehead atoms. The maximum absolute atomic E-state index is 13.7. The standard InChI is InChI=1S/C21H14FN3O/c1-26-21-8-6-16(22)11-18(21)15-3-2-4-17(10-15)25-13-24-19-9-14(12-23)5-7-20(19)25/h2-11,13H,1H3.